The molecule has 1 heterocycles. The van der Waals surface area contributed by atoms with Crippen LogP contribution in [0.4, 0.5) is 0 Å². The lowest BCUT2D eigenvalue weighted by Gasteiger charge is -2.15. The zero-order valence-electron chi connectivity index (χ0n) is 13.1. The predicted molar refractivity (Wildman–Crippen MR) is 96.4 cm³/mol. The first-order chi connectivity index (χ1) is 10.9. The van der Waals surface area contributed by atoms with Crippen molar-refractivity contribution < 1.29 is 18.3 Å². The summed E-state index contributed by atoms with van der Waals surface area (Å²) >= 11 is 2.61. The van der Waals surface area contributed by atoms with Crippen molar-refractivity contribution in [3.8, 4) is 11.5 Å². The Bertz CT molecular complexity index is 806. The van der Waals surface area contributed by atoms with Crippen molar-refractivity contribution in [3.05, 3.63) is 40.8 Å². The van der Waals surface area contributed by atoms with Crippen LogP contribution in [0.2, 0.25) is 0 Å². The summed E-state index contributed by atoms with van der Waals surface area (Å²) in [7, 11) is -1.98. The third kappa shape index (κ3) is 3.73. The number of thiophene rings is 1. The highest BCUT2D eigenvalue weighted by Gasteiger charge is 2.22. The smallest absolute Gasteiger partial charge is 0.191 e. The summed E-state index contributed by atoms with van der Waals surface area (Å²) in [6.07, 6.45) is 5.41. The van der Waals surface area contributed by atoms with Gasteiger partial charge in [0.1, 0.15) is 4.21 Å². The summed E-state index contributed by atoms with van der Waals surface area (Å²) < 4.78 is 30.7. The van der Waals surface area contributed by atoms with Crippen LogP contribution in [0.5, 0.6) is 11.5 Å². The summed E-state index contributed by atoms with van der Waals surface area (Å²) in [4.78, 5) is 0.738. The topological polar surface area (TPSA) is 63.6 Å². The molecule has 1 N–H and O–H groups in total. The van der Waals surface area contributed by atoms with Crippen molar-refractivity contribution in [1.29, 1.82) is 0 Å². The van der Waals surface area contributed by atoms with Crippen molar-refractivity contribution in [2.45, 2.75) is 21.8 Å². The number of phenols is 1. The fourth-order valence-corrected chi connectivity index (χ4v) is 5.56. The lowest BCUT2D eigenvalue weighted by atomic mass is 10.1. The molecule has 0 amide bonds. The average Bonchev–Trinajstić information content (AvgIpc) is 3.05. The van der Waals surface area contributed by atoms with E-state index in [9.17, 15) is 13.5 Å². The number of benzene rings is 1. The van der Waals surface area contributed by atoms with Gasteiger partial charge in [-0.15, -0.1) is 23.1 Å². The summed E-state index contributed by atoms with van der Waals surface area (Å²) in [6.45, 7) is 1.84. The van der Waals surface area contributed by atoms with Crippen LogP contribution >= 0.6 is 23.1 Å². The summed E-state index contributed by atoms with van der Waals surface area (Å²) in [5.41, 5.74) is 1.20. The van der Waals surface area contributed by atoms with Crippen LogP contribution in [-0.2, 0) is 15.6 Å². The van der Waals surface area contributed by atoms with Crippen LogP contribution in [0.15, 0.2) is 38.8 Å². The van der Waals surface area contributed by atoms with Gasteiger partial charge in [-0.2, -0.15) is 0 Å². The van der Waals surface area contributed by atoms with Crippen LogP contribution < -0.4 is 4.74 Å². The Kier molecular flexibility index (Phi) is 5.78. The summed E-state index contributed by atoms with van der Waals surface area (Å²) in [5.74, 6) is 0.157. The van der Waals surface area contributed by atoms with Gasteiger partial charge in [-0.25, -0.2) is 8.42 Å². The Morgan fingerprint density at radius 3 is 2.70 bits per heavy atom. The Morgan fingerprint density at radius 2 is 2.17 bits per heavy atom. The van der Waals surface area contributed by atoms with Crippen LogP contribution in [0.25, 0.3) is 6.08 Å². The molecule has 1 aromatic carbocycles. The van der Waals surface area contributed by atoms with Gasteiger partial charge in [-0.05, 0) is 36.3 Å². The van der Waals surface area contributed by atoms with E-state index in [2.05, 4.69) is 0 Å². The molecule has 124 valence electrons. The fraction of sp³-hybridized carbons (Fsp3) is 0.250. The Labute approximate surface area is 144 Å². The number of methoxy groups -OCH3 is 1. The minimum absolute atomic E-state index is 0.0206. The predicted octanol–water partition coefficient (Wildman–Crippen LogP) is 4.19. The van der Waals surface area contributed by atoms with Crippen molar-refractivity contribution in [2.24, 2.45) is 0 Å². The number of thioether (sulfide) groups is 1. The molecule has 0 bridgehead atoms. The van der Waals surface area contributed by atoms with Gasteiger partial charge in [0.15, 0.2) is 21.3 Å². The molecule has 0 fully saturated rings. The number of allylic oxidation sites excluding steroid dienone is 1. The van der Waals surface area contributed by atoms with Crippen molar-refractivity contribution in [2.75, 3.05) is 13.4 Å². The Balaban J connectivity index is 2.60. The maximum absolute atomic E-state index is 12.6. The number of hydrogen-bond donors (Lipinski definition) is 1. The van der Waals surface area contributed by atoms with Gasteiger partial charge in [0.2, 0.25) is 0 Å². The van der Waals surface area contributed by atoms with E-state index in [0.29, 0.717) is 15.3 Å². The largest absolute Gasteiger partial charge is 0.504 e. The third-order valence-corrected chi connectivity index (χ3v) is 7.28. The molecule has 0 aliphatic rings. The van der Waals surface area contributed by atoms with Crippen LogP contribution in [-0.4, -0.2) is 26.9 Å². The lowest BCUT2D eigenvalue weighted by Crippen LogP contribution is -2.05. The second kappa shape index (κ2) is 7.42. The molecule has 0 unspecified atom stereocenters. The number of rotatable bonds is 6. The van der Waals surface area contributed by atoms with Crippen molar-refractivity contribution in [3.63, 3.8) is 0 Å². The molecule has 0 spiro atoms. The van der Waals surface area contributed by atoms with Crippen molar-refractivity contribution in [1.82, 2.24) is 0 Å². The van der Waals surface area contributed by atoms with Crippen LogP contribution in [0, 0.1) is 0 Å². The van der Waals surface area contributed by atoms with Gasteiger partial charge in [-0.3, -0.25) is 0 Å². The Morgan fingerprint density at radius 1 is 1.43 bits per heavy atom. The number of hydrogen-bond acceptors (Lipinski definition) is 6. The van der Waals surface area contributed by atoms with Gasteiger partial charge in [0.05, 0.1) is 12.9 Å². The first kappa shape index (κ1) is 17.9. The standard InChI is InChI=1S/C16H18O4S3/c1-4-6-12-15(17)13(20-2)9-11(16(12)21-3)10-23(18,19)14-7-5-8-22-14/h4-9,17H,10H2,1-3H3/b6-4+. The SMILES string of the molecule is C/C=C/c1c(O)c(OC)cc(CS(=O)(=O)c2cccs2)c1SC. The van der Waals surface area contributed by atoms with Gasteiger partial charge in [0, 0.05) is 10.5 Å². The number of phenolic OH excluding ortho intramolecular Hbond substituents is 1. The van der Waals surface area contributed by atoms with E-state index < -0.39 is 9.84 Å². The molecule has 0 aliphatic heterocycles. The van der Waals surface area contributed by atoms with Gasteiger partial charge < -0.3 is 9.84 Å². The second-order valence-electron chi connectivity index (χ2n) is 4.72. The van der Waals surface area contributed by atoms with E-state index in [1.807, 2.05) is 13.2 Å². The Hall–Kier alpha value is -1.44. The molecular weight excluding hydrogens is 352 g/mol. The van der Waals surface area contributed by atoms with E-state index in [0.717, 1.165) is 4.90 Å². The molecular formula is C16H18O4S3. The van der Waals surface area contributed by atoms with Crippen LogP contribution in [0.3, 0.4) is 0 Å². The lowest BCUT2D eigenvalue weighted by molar-refractivity contribution is 0.371. The van der Waals surface area contributed by atoms with Crippen molar-refractivity contribution >= 4 is 39.0 Å². The molecule has 0 aliphatic carbocycles. The highest BCUT2D eigenvalue weighted by molar-refractivity contribution is 7.98. The van der Waals surface area contributed by atoms with E-state index in [4.69, 9.17) is 4.74 Å². The maximum Gasteiger partial charge on any atom is 0.191 e. The molecule has 2 rings (SSSR count). The van der Waals surface area contributed by atoms with E-state index in [1.165, 1.54) is 30.2 Å². The molecule has 0 atom stereocenters. The normalized spacial score (nSPS) is 12.0. The number of ether oxygens (including phenoxy) is 1. The maximum atomic E-state index is 12.6. The highest BCUT2D eigenvalue weighted by Crippen LogP contribution is 2.41. The molecule has 23 heavy (non-hydrogen) atoms. The summed E-state index contributed by atoms with van der Waals surface area (Å²) in [5, 5.41) is 12.0. The molecule has 1 aromatic heterocycles. The van der Waals surface area contributed by atoms with E-state index in [-0.39, 0.29) is 17.3 Å². The van der Waals surface area contributed by atoms with E-state index in [1.54, 1.807) is 35.7 Å². The quantitative estimate of drug-likeness (QED) is 0.773. The van der Waals surface area contributed by atoms with Gasteiger partial charge >= 0.3 is 0 Å². The third-order valence-electron chi connectivity index (χ3n) is 3.23. The molecule has 2 aromatic rings. The van der Waals surface area contributed by atoms with Gasteiger partial charge in [-0.1, -0.05) is 18.2 Å². The summed E-state index contributed by atoms with van der Waals surface area (Å²) in [6, 6.07) is 4.91. The zero-order valence-corrected chi connectivity index (χ0v) is 15.5. The highest BCUT2D eigenvalue weighted by atomic mass is 32.2. The van der Waals surface area contributed by atoms with Crippen LogP contribution in [0.1, 0.15) is 18.1 Å². The number of aromatic hydroxyl groups is 1. The molecule has 0 saturated carbocycles. The monoisotopic (exact) mass is 370 g/mol. The molecule has 7 heteroatoms. The molecule has 4 nitrogen and oxygen atoms in total. The minimum Gasteiger partial charge on any atom is -0.504 e. The minimum atomic E-state index is -3.43. The molecule has 0 saturated heterocycles. The fourth-order valence-electron chi connectivity index (χ4n) is 2.25. The zero-order chi connectivity index (χ0) is 17.0. The molecule has 0 radical (unpaired) electrons. The average molecular weight is 371 g/mol. The number of sulfone groups is 1. The second-order valence-corrected chi connectivity index (χ2v) is 8.71. The van der Waals surface area contributed by atoms with E-state index >= 15 is 0 Å². The first-order valence-electron chi connectivity index (χ1n) is 6.80. The van der Waals surface area contributed by atoms with Gasteiger partial charge in [0.25, 0.3) is 0 Å². The first-order valence-corrected chi connectivity index (χ1v) is 10.6.